The van der Waals surface area contributed by atoms with Crippen LogP contribution in [-0.4, -0.2) is 46.9 Å². The minimum absolute atomic E-state index is 0.0140. The largest absolute Gasteiger partial charge is 0.370 e. The molecule has 2 aliphatic heterocycles. The van der Waals surface area contributed by atoms with Crippen molar-refractivity contribution in [3.8, 4) is 0 Å². The molecule has 1 spiro atoms. The lowest BCUT2D eigenvalue weighted by Crippen LogP contribution is -2.48. The Bertz CT molecular complexity index is 706. The fourth-order valence-electron chi connectivity index (χ4n) is 3.94. The van der Waals surface area contributed by atoms with E-state index in [0.717, 1.165) is 37.1 Å². The van der Waals surface area contributed by atoms with Crippen molar-refractivity contribution in [1.29, 1.82) is 0 Å². The van der Waals surface area contributed by atoms with Gasteiger partial charge in [0.25, 0.3) is 5.91 Å². The van der Waals surface area contributed by atoms with Crippen LogP contribution in [0.5, 0.6) is 0 Å². The molecule has 0 saturated carbocycles. The Kier molecular flexibility index (Phi) is 4.38. The zero-order valence-corrected chi connectivity index (χ0v) is 15.0. The molecule has 1 N–H and O–H groups in total. The van der Waals surface area contributed by atoms with Gasteiger partial charge in [0.15, 0.2) is 5.78 Å². The van der Waals surface area contributed by atoms with E-state index >= 15 is 0 Å². The molecule has 0 aliphatic carbocycles. The van der Waals surface area contributed by atoms with Crippen molar-refractivity contribution in [2.45, 2.75) is 52.6 Å². The number of nitrogens with zero attached hydrogens (tertiary/aromatic N) is 1. The molecule has 0 aromatic carbocycles. The number of aromatic nitrogens is 1. The van der Waals surface area contributed by atoms with E-state index in [4.69, 9.17) is 4.74 Å². The molecule has 2 aliphatic rings. The monoisotopic (exact) mass is 330 g/mol. The van der Waals surface area contributed by atoms with Crippen LogP contribution >= 0.6 is 0 Å². The van der Waals surface area contributed by atoms with Gasteiger partial charge >= 0.3 is 0 Å². The summed E-state index contributed by atoms with van der Waals surface area (Å²) < 4.78 is 6.03. The van der Waals surface area contributed by atoms with Crippen molar-refractivity contribution in [3.63, 3.8) is 0 Å². The maximum atomic E-state index is 13.0. The lowest BCUT2D eigenvalue weighted by molar-refractivity contribution is -0.0522. The SMILES string of the molecule is CC(=O)c1[nH]c(C)c(C(=O)N2CCC3(C=C(C)CCO3)CC2)c1C. The van der Waals surface area contributed by atoms with Gasteiger partial charge in [0.2, 0.25) is 0 Å². The van der Waals surface area contributed by atoms with Gasteiger partial charge in [0.1, 0.15) is 0 Å². The number of ketones is 1. The molecule has 24 heavy (non-hydrogen) atoms. The van der Waals surface area contributed by atoms with Crippen molar-refractivity contribution < 1.29 is 14.3 Å². The van der Waals surface area contributed by atoms with E-state index in [2.05, 4.69) is 18.0 Å². The molecule has 1 amide bonds. The van der Waals surface area contributed by atoms with Crippen LogP contribution in [0.1, 0.15) is 65.2 Å². The van der Waals surface area contributed by atoms with Crippen LogP contribution in [0.4, 0.5) is 0 Å². The molecular weight excluding hydrogens is 304 g/mol. The van der Waals surface area contributed by atoms with Crippen LogP contribution in [-0.2, 0) is 4.74 Å². The number of ether oxygens (including phenoxy) is 1. The number of hydrogen-bond donors (Lipinski definition) is 1. The molecule has 5 heteroatoms. The third-order valence-electron chi connectivity index (χ3n) is 5.30. The van der Waals surface area contributed by atoms with Gasteiger partial charge in [-0.05, 0) is 45.6 Å². The molecule has 0 bridgehead atoms. The average molecular weight is 330 g/mol. The fourth-order valence-corrected chi connectivity index (χ4v) is 3.94. The summed E-state index contributed by atoms with van der Waals surface area (Å²) in [6.07, 6.45) is 4.91. The minimum Gasteiger partial charge on any atom is -0.370 e. The van der Waals surface area contributed by atoms with Gasteiger partial charge in [-0.3, -0.25) is 9.59 Å². The van der Waals surface area contributed by atoms with Crippen molar-refractivity contribution >= 4 is 11.7 Å². The van der Waals surface area contributed by atoms with Crippen LogP contribution < -0.4 is 0 Å². The average Bonchev–Trinajstić information content (AvgIpc) is 2.82. The highest BCUT2D eigenvalue weighted by atomic mass is 16.5. The molecule has 1 saturated heterocycles. The molecule has 3 heterocycles. The van der Waals surface area contributed by atoms with Crippen LogP contribution in [0.3, 0.4) is 0 Å². The summed E-state index contributed by atoms with van der Waals surface area (Å²) in [5.41, 5.74) is 3.91. The molecule has 1 aromatic heterocycles. The van der Waals surface area contributed by atoms with E-state index in [1.807, 2.05) is 18.7 Å². The normalized spacial score (nSPS) is 20.2. The summed E-state index contributed by atoms with van der Waals surface area (Å²) in [5.74, 6) is -0.0245. The molecule has 130 valence electrons. The predicted octanol–water partition coefficient (Wildman–Crippen LogP) is 3.18. The molecule has 5 nitrogen and oxygen atoms in total. The highest BCUT2D eigenvalue weighted by Crippen LogP contribution is 2.34. The lowest BCUT2D eigenvalue weighted by Gasteiger charge is -2.42. The zero-order valence-electron chi connectivity index (χ0n) is 15.0. The Morgan fingerprint density at radius 1 is 1.21 bits per heavy atom. The zero-order chi connectivity index (χ0) is 17.5. The number of carbonyl (C=O) groups excluding carboxylic acids is 2. The number of likely N-dealkylation sites (tertiary alicyclic amines) is 1. The molecular formula is C19H26N2O3. The van der Waals surface area contributed by atoms with Crippen molar-refractivity contribution in [2.75, 3.05) is 19.7 Å². The second kappa shape index (κ2) is 6.20. The summed E-state index contributed by atoms with van der Waals surface area (Å²) in [6.45, 7) is 9.51. The molecule has 0 unspecified atom stereocenters. The summed E-state index contributed by atoms with van der Waals surface area (Å²) in [7, 11) is 0. The number of amides is 1. The first-order chi connectivity index (χ1) is 11.3. The summed E-state index contributed by atoms with van der Waals surface area (Å²) >= 11 is 0. The van der Waals surface area contributed by atoms with Crippen molar-refractivity contribution in [2.24, 2.45) is 0 Å². The van der Waals surface area contributed by atoms with E-state index in [0.29, 0.717) is 24.3 Å². The summed E-state index contributed by atoms with van der Waals surface area (Å²) in [6, 6.07) is 0. The molecule has 1 aromatic rings. The predicted molar refractivity (Wildman–Crippen MR) is 92.5 cm³/mol. The Morgan fingerprint density at radius 3 is 2.42 bits per heavy atom. The van der Waals surface area contributed by atoms with Crippen LogP contribution in [0.2, 0.25) is 0 Å². The summed E-state index contributed by atoms with van der Waals surface area (Å²) in [5, 5.41) is 0. The topological polar surface area (TPSA) is 62.4 Å². The smallest absolute Gasteiger partial charge is 0.255 e. The number of rotatable bonds is 2. The van der Waals surface area contributed by atoms with E-state index in [9.17, 15) is 9.59 Å². The summed E-state index contributed by atoms with van der Waals surface area (Å²) in [4.78, 5) is 29.6. The highest BCUT2D eigenvalue weighted by molar-refractivity contribution is 6.02. The lowest BCUT2D eigenvalue weighted by atomic mass is 9.86. The third kappa shape index (κ3) is 2.93. The molecule has 0 radical (unpaired) electrons. The maximum Gasteiger partial charge on any atom is 0.255 e. The second-order valence-electron chi connectivity index (χ2n) is 7.13. The van der Waals surface area contributed by atoms with Gasteiger partial charge in [0.05, 0.1) is 23.5 Å². The number of piperidine rings is 1. The first-order valence-electron chi connectivity index (χ1n) is 8.65. The number of hydrogen-bond acceptors (Lipinski definition) is 3. The molecule has 3 rings (SSSR count). The first-order valence-corrected chi connectivity index (χ1v) is 8.65. The first kappa shape index (κ1) is 17.0. The standard InChI is InChI=1S/C19H26N2O3/c1-12-5-10-24-19(11-12)6-8-21(9-7-19)18(23)16-13(2)17(15(4)22)20-14(16)3/h11,20H,5-10H2,1-4H3. The van der Waals surface area contributed by atoms with E-state index < -0.39 is 0 Å². The van der Waals surface area contributed by atoms with E-state index in [1.54, 1.807) is 0 Å². The van der Waals surface area contributed by atoms with Crippen LogP contribution in [0, 0.1) is 13.8 Å². The quantitative estimate of drug-likeness (QED) is 0.669. The highest BCUT2D eigenvalue weighted by Gasteiger charge is 2.37. The van der Waals surface area contributed by atoms with Gasteiger partial charge in [-0.15, -0.1) is 0 Å². The van der Waals surface area contributed by atoms with E-state index in [1.165, 1.54) is 12.5 Å². The number of H-pyrrole nitrogens is 1. The number of carbonyl (C=O) groups is 2. The number of aromatic amines is 1. The second-order valence-corrected chi connectivity index (χ2v) is 7.13. The van der Waals surface area contributed by atoms with E-state index in [-0.39, 0.29) is 17.3 Å². The van der Waals surface area contributed by atoms with Crippen LogP contribution in [0.25, 0.3) is 0 Å². The number of aryl methyl sites for hydroxylation is 1. The Labute approximate surface area is 143 Å². The van der Waals surface area contributed by atoms with Gasteiger partial charge in [0, 0.05) is 25.7 Å². The van der Waals surface area contributed by atoms with Gasteiger partial charge < -0.3 is 14.6 Å². The number of Topliss-reactive ketones (excluding diaryl/α,β-unsaturated/α-hetero) is 1. The van der Waals surface area contributed by atoms with Gasteiger partial charge in [-0.1, -0.05) is 11.6 Å². The third-order valence-corrected chi connectivity index (χ3v) is 5.30. The van der Waals surface area contributed by atoms with Crippen molar-refractivity contribution in [1.82, 2.24) is 9.88 Å². The fraction of sp³-hybridized carbons (Fsp3) is 0.579. The molecule has 1 fully saturated rings. The molecule has 0 atom stereocenters. The Morgan fingerprint density at radius 2 is 1.88 bits per heavy atom. The Balaban J connectivity index is 1.77. The van der Waals surface area contributed by atoms with Crippen LogP contribution in [0.15, 0.2) is 11.6 Å². The van der Waals surface area contributed by atoms with Crippen molar-refractivity contribution in [3.05, 3.63) is 34.2 Å². The number of nitrogens with one attached hydrogen (secondary N) is 1. The van der Waals surface area contributed by atoms with Gasteiger partial charge in [-0.2, -0.15) is 0 Å². The minimum atomic E-state index is -0.189. The Hall–Kier alpha value is -1.88. The maximum absolute atomic E-state index is 13.0. The van der Waals surface area contributed by atoms with Gasteiger partial charge in [-0.25, -0.2) is 0 Å².